The maximum Gasteiger partial charge on any atom is 0.0334 e. The van der Waals surface area contributed by atoms with Crippen LogP contribution in [0.4, 0.5) is 0 Å². The Labute approximate surface area is 101 Å². The monoisotopic (exact) mass is 224 g/mol. The zero-order chi connectivity index (χ0) is 11.8. The van der Waals surface area contributed by atoms with E-state index in [1.165, 1.54) is 38.6 Å². The van der Waals surface area contributed by atoms with Gasteiger partial charge in [0.15, 0.2) is 0 Å². The fourth-order valence-electron chi connectivity index (χ4n) is 2.86. The van der Waals surface area contributed by atoms with E-state index in [-0.39, 0.29) is 0 Å². The van der Waals surface area contributed by atoms with E-state index in [4.69, 9.17) is 5.73 Å². The van der Waals surface area contributed by atoms with E-state index < -0.39 is 0 Å². The summed E-state index contributed by atoms with van der Waals surface area (Å²) < 4.78 is 0. The number of nitrogens with zero attached hydrogens (tertiary/aromatic N) is 1. The zero-order valence-corrected chi connectivity index (χ0v) is 11.2. The highest BCUT2D eigenvalue weighted by Gasteiger charge is 2.48. The van der Waals surface area contributed by atoms with Crippen LogP contribution in [0, 0.1) is 11.8 Å². The number of hydrogen-bond acceptors (Lipinski definition) is 2. The highest BCUT2D eigenvalue weighted by molar-refractivity contribution is 5.04. The first-order valence-corrected chi connectivity index (χ1v) is 7.04. The van der Waals surface area contributed by atoms with Gasteiger partial charge in [-0.2, -0.15) is 0 Å². The Kier molecular flexibility index (Phi) is 3.60. The first-order valence-electron chi connectivity index (χ1n) is 7.04. The summed E-state index contributed by atoms with van der Waals surface area (Å²) in [5.74, 6) is 1.69. The smallest absolute Gasteiger partial charge is 0.0334 e. The van der Waals surface area contributed by atoms with Crippen LogP contribution in [0.3, 0.4) is 0 Å². The molecule has 16 heavy (non-hydrogen) atoms. The van der Waals surface area contributed by atoms with Gasteiger partial charge in [-0.05, 0) is 57.4 Å². The van der Waals surface area contributed by atoms with Crippen LogP contribution in [0.1, 0.15) is 52.9 Å². The van der Waals surface area contributed by atoms with E-state index in [0.29, 0.717) is 5.54 Å². The van der Waals surface area contributed by atoms with Crippen LogP contribution in [0.15, 0.2) is 0 Å². The summed E-state index contributed by atoms with van der Waals surface area (Å²) in [7, 11) is 0. The van der Waals surface area contributed by atoms with Crippen molar-refractivity contribution in [1.82, 2.24) is 4.90 Å². The topological polar surface area (TPSA) is 29.3 Å². The van der Waals surface area contributed by atoms with E-state index in [9.17, 15) is 0 Å². The molecule has 2 heteroatoms. The van der Waals surface area contributed by atoms with Crippen LogP contribution in [-0.4, -0.2) is 29.6 Å². The Morgan fingerprint density at radius 3 is 2.25 bits per heavy atom. The number of nitrogens with two attached hydrogens (primary N) is 1. The lowest BCUT2D eigenvalue weighted by molar-refractivity contribution is 0.0749. The van der Waals surface area contributed by atoms with Gasteiger partial charge in [0.05, 0.1) is 0 Å². The molecule has 0 aromatic rings. The van der Waals surface area contributed by atoms with Gasteiger partial charge in [-0.15, -0.1) is 0 Å². The standard InChI is InChI=1S/C14H28N2/c1-11(2)8-9-16(13-6-7-13)14(3,10-15)12-4-5-12/h11-13H,4-10,15H2,1-3H3. The van der Waals surface area contributed by atoms with E-state index in [1.54, 1.807) is 0 Å². The Morgan fingerprint density at radius 1 is 1.25 bits per heavy atom. The molecule has 2 nitrogen and oxygen atoms in total. The molecule has 0 bridgehead atoms. The molecule has 0 spiro atoms. The molecule has 94 valence electrons. The van der Waals surface area contributed by atoms with Crippen molar-refractivity contribution in [2.75, 3.05) is 13.1 Å². The molecule has 2 saturated carbocycles. The first-order chi connectivity index (χ1) is 7.58. The Hall–Kier alpha value is -0.0800. The maximum atomic E-state index is 6.08. The van der Waals surface area contributed by atoms with Crippen molar-refractivity contribution >= 4 is 0 Å². The molecule has 0 aromatic heterocycles. The van der Waals surface area contributed by atoms with Crippen molar-refractivity contribution < 1.29 is 0 Å². The minimum atomic E-state index is 0.302. The second-order valence-electron chi connectivity index (χ2n) is 6.44. The SMILES string of the molecule is CC(C)CCN(C1CC1)C(C)(CN)C1CC1. The second kappa shape index (κ2) is 4.66. The number of hydrogen-bond donors (Lipinski definition) is 1. The third kappa shape index (κ3) is 2.60. The summed E-state index contributed by atoms with van der Waals surface area (Å²) in [5.41, 5.74) is 6.38. The average Bonchev–Trinajstić information content (AvgIpc) is 3.07. The molecule has 0 aromatic carbocycles. The van der Waals surface area contributed by atoms with Crippen LogP contribution >= 0.6 is 0 Å². The van der Waals surface area contributed by atoms with Gasteiger partial charge in [-0.25, -0.2) is 0 Å². The summed E-state index contributed by atoms with van der Waals surface area (Å²) >= 11 is 0. The van der Waals surface area contributed by atoms with Gasteiger partial charge in [-0.3, -0.25) is 4.90 Å². The van der Waals surface area contributed by atoms with Crippen molar-refractivity contribution in [3.63, 3.8) is 0 Å². The molecule has 0 saturated heterocycles. The van der Waals surface area contributed by atoms with Crippen LogP contribution in [-0.2, 0) is 0 Å². The lowest BCUT2D eigenvalue weighted by atomic mass is 9.92. The van der Waals surface area contributed by atoms with Gasteiger partial charge < -0.3 is 5.73 Å². The molecule has 1 unspecified atom stereocenters. The second-order valence-corrected chi connectivity index (χ2v) is 6.44. The van der Waals surface area contributed by atoms with Gasteiger partial charge >= 0.3 is 0 Å². The third-order valence-corrected chi connectivity index (χ3v) is 4.46. The van der Waals surface area contributed by atoms with Gasteiger partial charge in [0, 0.05) is 18.1 Å². The lowest BCUT2D eigenvalue weighted by Crippen LogP contribution is -2.55. The van der Waals surface area contributed by atoms with Gasteiger partial charge in [0.2, 0.25) is 0 Å². The summed E-state index contributed by atoms with van der Waals surface area (Å²) in [6.45, 7) is 9.14. The van der Waals surface area contributed by atoms with Gasteiger partial charge in [0.1, 0.15) is 0 Å². The molecule has 0 radical (unpaired) electrons. The summed E-state index contributed by atoms with van der Waals surface area (Å²) in [6, 6.07) is 0.855. The van der Waals surface area contributed by atoms with E-state index in [2.05, 4.69) is 25.7 Å². The zero-order valence-electron chi connectivity index (χ0n) is 11.2. The quantitative estimate of drug-likeness (QED) is 0.720. The Morgan fingerprint density at radius 2 is 1.88 bits per heavy atom. The molecule has 0 heterocycles. The van der Waals surface area contributed by atoms with E-state index in [1.807, 2.05) is 0 Å². The molecular formula is C14H28N2. The van der Waals surface area contributed by atoms with Crippen molar-refractivity contribution in [3.8, 4) is 0 Å². The van der Waals surface area contributed by atoms with Gasteiger partial charge in [-0.1, -0.05) is 13.8 Å². The minimum absolute atomic E-state index is 0.302. The van der Waals surface area contributed by atoms with Crippen molar-refractivity contribution in [3.05, 3.63) is 0 Å². The van der Waals surface area contributed by atoms with E-state index in [0.717, 1.165) is 24.4 Å². The molecule has 1 atom stereocenters. The van der Waals surface area contributed by atoms with Crippen LogP contribution in [0.2, 0.25) is 0 Å². The minimum Gasteiger partial charge on any atom is -0.329 e. The van der Waals surface area contributed by atoms with Gasteiger partial charge in [0.25, 0.3) is 0 Å². The molecular weight excluding hydrogens is 196 g/mol. The molecule has 2 aliphatic carbocycles. The summed E-state index contributed by atoms with van der Waals surface area (Å²) in [6.07, 6.45) is 6.93. The van der Waals surface area contributed by atoms with E-state index >= 15 is 0 Å². The van der Waals surface area contributed by atoms with Crippen LogP contribution in [0.5, 0.6) is 0 Å². The predicted octanol–water partition coefficient (Wildman–Crippen LogP) is 2.62. The van der Waals surface area contributed by atoms with Crippen LogP contribution < -0.4 is 5.73 Å². The summed E-state index contributed by atoms with van der Waals surface area (Å²) in [4.78, 5) is 2.75. The average molecular weight is 224 g/mol. The Balaban J connectivity index is 1.98. The molecule has 0 amide bonds. The fourth-order valence-corrected chi connectivity index (χ4v) is 2.86. The van der Waals surface area contributed by atoms with Crippen molar-refractivity contribution in [1.29, 1.82) is 0 Å². The molecule has 2 N–H and O–H groups in total. The highest BCUT2D eigenvalue weighted by Crippen LogP contribution is 2.46. The number of rotatable bonds is 7. The highest BCUT2D eigenvalue weighted by atomic mass is 15.3. The fraction of sp³-hybridized carbons (Fsp3) is 1.00. The normalized spacial score (nSPS) is 25.1. The van der Waals surface area contributed by atoms with Crippen molar-refractivity contribution in [2.24, 2.45) is 17.6 Å². The first kappa shape index (κ1) is 12.4. The molecule has 2 rings (SSSR count). The molecule has 2 fully saturated rings. The lowest BCUT2D eigenvalue weighted by Gasteiger charge is -2.42. The van der Waals surface area contributed by atoms with Crippen LogP contribution in [0.25, 0.3) is 0 Å². The van der Waals surface area contributed by atoms with Crippen molar-refractivity contribution in [2.45, 2.75) is 64.5 Å². The molecule has 0 aliphatic heterocycles. The predicted molar refractivity (Wildman–Crippen MR) is 69.4 cm³/mol. The molecule has 2 aliphatic rings. The Bertz CT molecular complexity index is 231. The summed E-state index contributed by atoms with van der Waals surface area (Å²) in [5, 5.41) is 0. The largest absolute Gasteiger partial charge is 0.329 e. The third-order valence-electron chi connectivity index (χ3n) is 4.46. The maximum absolute atomic E-state index is 6.08.